The summed E-state index contributed by atoms with van der Waals surface area (Å²) in [6.45, 7) is 4.25. The Morgan fingerprint density at radius 1 is 1.21 bits per heavy atom. The van der Waals surface area contributed by atoms with Crippen LogP contribution in [0.1, 0.15) is 29.8 Å². The van der Waals surface area contributed by atoms with Gasteiger partial charge in [-0.05, 0) is 49.7 Å². The number of benzene rings is 2. The molecule has 1 N–H and O–H groups in total. The number of hydrogen-bond donors (Lipinski definition) is 1. The van der Waals surface area contributed by atoms with E-state index >= 15 is 0 Å². The van der Waals surface area contributed by atoms with Gasteiger partial charge in [-0.15, -0.1) is 0 Å². The normalized spacial score (nSPS) is 11.0. The monoisotopic (exact) mass is 327 g/mol. The van der Waals surface area contributed by atoms with E-state index < -0.39 is 10.8 Å². The summed E-state index contributed by atoms with van der Waals surface area (Å²) in [5, 5.41) is 14.8. The highest BCUT2D eigenvalue weighted by Crippen LogP contribution is 2.14. The Bertz CT molecular complexity index is 770. The molecule has 0 aliphatic rings. The highest BCUT2D eigenvalue weighted by atomic mass is 16.6. The highest BCUT2D eigenvalue weighted by molar-refractivity contribution is 6.01. The van der Waals surface area contributed by atoms with E-state index in [2.05, 4.69) is 10.5 Å². The average molecular weight is 327 g/mol. The Balaban J connectivity index is 2.07. The maximum absolute atomic E-state index is 12.0. The van der Waals surface area contributed by atoms with Crippen molar-refractivity contribution in [2.75, 3.05) is 6.61 Å². The van der Waals surface area contributed by atoms with E-state index in [0.717, 1.165) is 11.3 Å². The van der Waals surface area contributed by atoms with Crippen LogP contribution >= 0.6 is 0 Å². The minimum absolute atomic E-state index is 0.144. The van der Waals surface area contributed by atoms with Gasteiger partial charge < -0.3 is 4.74 Å². The van der Waals surface area contributed by atoms with Crippen LogP contribution in [0.25, 0.3) is 0 Å². The number of ether oxygens (including phenoxy) is 1. The minimum atomic E-state index is -0.550. The SMILES string of the molecule is CCOc1ccc(/C(C)=N\NC(=O)c2cccc([N+](=O)[O-])c2)cc1. The van der Waals surface area contributed by atoms with Crippen molar-refractivity contribution < 1.29 is 14.5 Å². The van der Waals surface area contributed by atoms with Crippen molar-refractivity contribution in [2.24, 2.45) is 5.10 Å². The molecule has 0 fully saturated rings. The number of rotatable bonds is 6. The third-order valence-electron chi connectivity index (χ3n) is 3.23. The first-order valence-electron chi connectivity index (χ1n) is 7.33. The number of amides is 1. The molecule has 0 saturated heterocycles. The van der Waals surface area contributed by atoms with Crippen LogP contribution in [0.2, 0.25) is 0 Å². The highest BCUT2D eigenvalue weighted by Gasteiger charge is 2.11. The van der Waals surface area contributed by atoms with Gasteiger partial charge in [0.2, 0.25) is 0 Å². The van der Waals surface area contributed by atoms with Gasteiger partial charge in [0.15, 0.2) is 0 Å². The lowest BCUT2D eigenvalue weighted by Gasteiger charge is -2.05. The molecule has 7 heteroatoms. The van der Waals surface area contributed by atoms with Gasteiger partial charge in [-0.25, -0.2) is 5.43 Å². The Kier molecular flexibility index (Phi) is 5.62. The Hall–Kier alpha value is -3.22. The zero-order valence-corrected chi connectivity index (χ0v) is 13.4. The molecular weight excluding hydrogens is 310 g/mol. The van der Waals surface area contributed by atoms with Crippen LogP contribution < -0.4 is 10.2 Å². The Labute approximate surface area is 139 Å². The fraction of sp³-hybridized carbons (Fsp3) is 0.176. The Morgan fingerprint density at radius 2 is 1.92 bits per heavy atom. The van der Waals surface area contributed by atoms with Crippen molar-refractivity contribution in [1.82, 2.24) is 5.43 Å². The summed E-state index contributed by atoms with van der Waals surface area (Å²) in [6, 6.07) is 12.8. The van der Waals surface area contributed by atoms with E-state index in [1.165, 1.54) is 24.3 Å². The molecule has 124 valence electrons. The van der Waals surface area contributed by atoms with Crippen molar-refractivity contribution in [3.05, 3.63) is 69.8 Å². The quantitative estimate of drug-likeness (QED) is 0.501. The molecule has 0 heterocycles. The molecular formula is C17H17N3O4. The van der Waals surface area contributed by atoms with Gasteiger partial charge in [0.25, 0.3) is 11.6 Å². The van der Waals surface area contributed by atoms with Crippen LogP contribution in [0.15, 0.2) is 53.6 Å². The molecule has 2 aromatic rings. The van der Waals surface area contributed by atoms with Crippen LogP contribution in [0, 0.1) is 10.1 Å². The number of nitro benzene ring substituents is 1. The molecule has 0 saturated carbocycles. The van der Waals surface area contributed by atoms with E-state index in [1.807, 2.05) is 31.2 Å². The molecule has 2 aromatic carbocycles. The summed E-state index contributed by atoms with van der Waals surface area (Å²) in [6.07, 6.45) is 0. The minimum Gasteiger partial charge on any atom is -0.494 e. The molecule has 0 aliphatic heterocycles. The molecule has 0 atom stereocenters. The van der Waals surface area contributed by atoms with Crippen molar-refractivity contribution in [2.45, 2.75) is 13.8 Å². The summed E-state index contributed by atoms with van der Waals surface area (Å²) in [5.74, 6) is 0.249. The number of non-ortho nitro benzene ring substituents is 1. The molecule has 2 rings (SSSR count). The zero-order chi connectivity index (χ0) is 17.5. The number of nitrogens with zero attached hydrogens (tertiary/aromatic N) is 2. The van der Waals surface area contributed by atoms with Crippen molar-refractivity contribution in [1.29, 1.82) is 0 Å². The fourth-order valence-corrected chi connectivity index (χ4v) is 1.98. The summed E-state index contributed by atoms with van der Waals surface area (Å²) in [7, 11) is 0. The van der Waals surface area contributed by atoms with Crippen LogP contribution in [-0.2, 0) is 0 Å². The standard InChI is InChI=1S/C17H17N3O4/c1-3-24-16-9-7-13(8-10-16)12(2)18-19-17(21)14-5-4-6-15(11-14)20(22)23/h4-11H,3H2,1-2H3,(H,19,21)/b18-12-. The molecule has 0 aromatic heterocycles. The maximum Gasteiger partial charge on any atom is 0.271 e. The van der Waals surface area contributed by atoms with Gasteiger partial charge in [-0.3, -0.25) is 14.9 Å². The van der Waals surface area contributed by atoms with Gasteiger partial charge in [-0.1, -0.05) is 6.07 Å². The third-order valence-corrected chi connectivity index (χ3v) is 3.23. The molecule has 24 heavy (non-hydrogen) atoms. The van der Waals surface area contributed by atoms with E-state index in [-0.39, 0.29) is 11.3 Å². The van der Waals surface area contributed by atoms with E-state index in [0.29, 0.717) is 12.3 Å². The van der Waals surface area contributed by atoms with Crippen molar-refractivity contribution >= 4 is 17.3 Å². The zero-order valence-electron chi connectivity index (χ0n) is 13.4. The molecule has 0 spiro atoms. The summed E-state index contributed by atoms with van der Waals surface area (Å²) in [5.41, 5.74) is 3.87. The second kappa shape index (κ2) is 7.87. The van der Waals surface area contributed by atoms with E-state index in [1.54, 1.807) is 6.92 Å². The van der Waals surface area contributed by atoms with Crippen molar-refractivity contribution in [3.63, 3.8) is 0 Å². The molecule has 0 aliphatic carbocycles. The van der Waals surface area contributed by atoms with E-state index in [4.69, 9.17) is 4.74 Å². The van der Waals surface area contributed by atoms with Crippen molar-refractivity contribution in [3.8, 4) is 5.75 Å². The van der Waals surface area contributed by atoms with E-state index in [9.17, 15) is 14.9 Å². The lowest BCUT2D eigenvalue weighted by Crippen LogP contribution is -2.19. The Morgan fingerprint density at radius 3 is 2.54 bits per heavy atom. The van der Waals surface area contributed by atoms with Gasteiger partial charge in [0, 0.05) is 17.7 Å². The first-order chi connectivity index (χ1) is 11.5. The number of nitro groups is 1. The molecule has 7 nitrogen and oxygen atoms in total. The number of nitrogens with one attached hydrogen (secondary N) is 1. The number of carbonyl (C=O) groups excluding carboxylic acids is 1. The van der Waals surface area contributed by atoms with Crippen LogP contribution in [0.4, 0.5) is 5.69 Å². The largest absolute Gasteiger partial charge is 0.494 e. The molecule has 1 amide bonds. The topological polar surface area (TPSA) is 93.8 Å². The van der Waals surface area contributed by atoms with Gasteiger partial charge in [0.1, 0.15) is 5.75 Å². The third kappa shape index (κ3) is 4.39. The predicted octanol–water partition coefficient (Wildman–Crippen LogP) is 3.15. The summed E-state index contributed by atoms with van der Waals surface area (Å²) >= 11 is 0. The van der Waals surface area contributed by atoms with Gasteiger partial charge in [0.05, 0.1) is 17.2 Å². The fourth-order valence-electron chi connectivity index (χ4n) is 1.98. The van der Waals surface area contributed by atoms with Gasteiger partial charge >= 0.3 is 0 Å². The lowest BCUT2D eigenvalue weighted by atomic mass is 10.1. The maximum atomic E-state index is 12.0. The molecule has 0 radical (unpaired) electrons. The number of hydrazone groups is 1. The first kappa shape index (κ1) is 17.1. The second-order valence-electron chi connectivity index (χ2n) is 4.90. The lowest BCUT2D eigenvalue weighted by molar-refractivity contribution is -0.384. The number of carbonyl (C=O) groups is 1. The molecule has 0 unspecified atom stereocenters. The smallest absolute Gasteiger partial charge is 0.271 e. The van der Waals surface area contributed by atoms with Gasteiger partial charge in [-0.2, -0.15) is 5.10 Å². The predicted molar refractivity (Wildman–Crippen MR) is 90.4 cm³/mol. The summed E-state index contributed by atoms with van der Waals surface area (Å²) in [4.78, 5) is 22.2. The first-order valence-corrected chi connectivity index (χ1v) is 7.33. The van der Waals surface area contributed by atoms with Crippen LogP contribution in [0.5, 0.6) is 5.75 Å². The molecule has 0 bridgehead atoms. The summed E-state index contributed by atoms with van der Waals surface area (Å²) < 4.78 is 5.36. The average Bonchev–Trinajstić information content (AvgIpc) is 2.60. The van der Waals surface area contributed by atoms with Crippen LogP contribution in [0.3, 0.4) is 0 Å². The number of hydrogen-bond acceptors (Lipinski definition) is 5. The van der Waals surface area contributed by atoms with Crippen LogP contribution in [-0.4, -0.2) is 23.1 Å². The second-order valence-corrected chi connectivity index (χ2v) is 4.90.